The number of nitrogens with one attached hydrogen (secondary N) is 2. The molecule has 2 aliphatic rings. The monoisotopic (exact) mass is 336 g/mol. The summed E-state index contributed by atoms with van der Waals surface area (Å²) in [5.74, 6) is 1.65. The molecule has 1 fully saturated rings. The van der Waals surface area contributed by atoms with Crippen LogP contribution in [0.1, 0.15) is 37.7 Å². The predicted octanol–water partition coefficient (Wildman–Crippen LogP) is 5.09. The molecule has 0 saturated heterocycles. The third-order valence-electron chi connectivity index (χ3n) is 5.81. The highest BCUT2D eigenvalue weighted by molar-refractivity contribution is 5.58. The Morgan fingerprint density at radius 3 is 2.48 bits per heavy atom. The van der Waals surface area contributed by atoms with Crippen LogP contribution in [0.4, 0.5) is 11.4 Å². The van der Waals surface area contributed by atoms with Crippen LogP contribution in [0.3, 0.4) is 0 Å². The number of rotatable bonds is 5. The lowest BCUT2D eigenvalue weighted by molar-refractivity contribution is 0.300. The summed E-state index contributed by atoms with van der Waals surface area (Å²) in [7, 11) is 1.72. The van der Waals surface area contributed by atoms with Gasteiger partial charge in [0.2, 0.25) is 0 Å². The SMILES string of the molecule is COc1ccc(N[C@H](C2CCCCC2)[C@@H]2Cc3ccccc3N2)cc1. The first-order chi connectivity index (χ1) is 12.3. The number of fused-ring (bicyclic) bond motifs is 1. The van der Waals surface area contributed by atoms with Gasteiger partial charge in [-0.25, -0.2) is 0 Å². The quantitative estimate of drug-likeness (QED) is 0.797. The maximum Gasteiger partial charge on any atom is 0.119 e. The molecule has 1 saturated carbocycles. The molecule has 2 aromatic carbocycles. The predicted molar refractivity (Wildman–Crippen MR) is 105 cm³/mol. The first-order valence-electron chi connectivity index (χ1n) is 9.58. The molecule has 2 N–H and O–H groups in total. The molecule has 2 atom stereocenters. The van der Waals surface area contributed by atoms with E-state index in [2.05, 4.69) is 47.0 Å². The number of para-hydroxylation sites is 1. The first kappa shape index (κ1) is 16.3. The van der Waals surface area contributed by atoms with E-state index in [1.165, 1.54) is 49.0 Å². The average Bonchev–Trinajstić information content (AvgIpc) is 3.11. The van der Waals surface area contributed by atoms with Crippen LogP contribution in [0.2, 0.25) is 0 Å². The normalized spacial score (nSPS) is 21.2. The molecule has 0 bridgehead atoms. The number of anilines is 2. The highest BCUT2D eigenvalue weighted by atomic mass is 16.5. The fourth-order valence-corrected chi connectivity index (χ4v) is 4.46. The maximum absolute atomic E-state index is 5.29. The van der Waals surface area contributed by atoms with Crippen molar-refractivity contribution in [1.29, 1.82) is 0 Å². The van der Waals surface area contributed by atoms with Crippen LogP contribution in [0, 0.1) is 5.92 Å². The van der Waals surface area contributed by atoms with Gasteiger partial charge in [0.1, 0.15) is 5.75 Å². The van der Waals surface area contributed by atoms with Crippen LogP contribution in [0.15, 0.2) is 48.5 Å². The minimum absolute atomic E-state index is 0.459. The Morgan fingerprint density at radius 1 is 1.00 bits per heavy atom. The number of hydrogen-bond donors (Lipinski definition) is 2. The molecular weight excluding hydrogens is 308 g/mol. The van der Waals surface area contributed by atoms with Crippen molar-refractivity contribution in [3.8, 4) is 5.75 Å². The molecule has 25 heavy (non-hydrogen) atoms. The number of hydrogen-bond acceptors (Lipinski definition) is 3. The fraction of sp³-hybridized carbons (Fsp3) is 0.455. The summed E-state index contributed by atoms with van der Waals surface area (Å²) in [4.78, 5) is 0. The largest absolute Gasteiger partial charge is 0.497 e. The summed E-state index contributed by atoms with van der Waals surface area (Å²) in [5.41, 5.74) is 3.95. The van der Waals surface area contributed by atoms with E-state index >= 15 is 0 Å². The lowest BCUT2D eigenvalue weighted by Crippen LogP contribution is -2.44. The van der Waals surface area contributed by atoms with E-state index < -0.39 is 0 Å². The summed E-state index contributed by atoms with van der Waals surface area (Å²) in [6.07, 6.45) is 7.91. The van der Waals surface area contributed by atoms with Crippen LogP contribution < -0.4 is 15.4 Å². The average molecular weight is 336 g/mol. The van der Waals surface area contributed by atoms with Crippen LogP contribution >= 0.6 is 0 Å². The first-order valence-corrected chi connectivity index (χ1v) is 9.58. The standard InChI is InChI=1S/C22H28N2O/c1-25-19-13-11-18(12-14-19)23-22(16-7-3-2-4-8-16)21-15-17-9-5-6-10-20(17)24-21/h5-6,9-14,16,21-24H,2-4,7-8,15H2,1H3/t21-,22+/m0/s1. The molecule has 0 radical (unpaired) electrons. The molecule has 3 heteroatoms. The van der Waals surface area contributed by atoms with Gasteiger partial charge in [-0.3, -0.25) is 0 Å². The van der Waals surface area contributed by atoms with Gasteiger partial charge in [0.25, 0.3) is 0 Å². The third kappa shape index (κ3) is 3.60. The molecule has 3 nitrogen and oxygen atoms in total. The molecule has 2 aromatic rings. The van der Waals surface area contributed by atoms with Crippen molar-refractivity contribution >= 4 is 11.4 Å². The van der Waals surface area contributed by atoms with E-state index in [9.17, 15) is 0 Å². The Morgan fingerprint density at radius 2 is 1.76 bits per heavy atom. The molecule has 0 amide bonds. The topological polar surface area (TPSA) is 33.3 Å². The molecule has 0 aromatic heterocycles. The summed E-state index contributed by atoms with van der Waals surface area (Å²) in [6, 6.07) is 18.0. The Bertz CT molecular complexity index is 666. The number of methoxy groups -OCH3 is 1. The lowest BCUT2D eigenvalue weighted by Gasteiger charge is -2.36. The van der Waals surface area contributed by atoms with Gasteiger partial charge in [-0.15, -0.1) is 0 Å². The number of benzene rings is 2. The van der Waals surface area contributed by atoms with Gasteiger partial charge in [0.05, 0.1) is 13.2 Å². The van der Waals surface area contributed by atoms with E-state index in [0.29, 0.717) is 12.1 Å². The van der Waals surface area contributed by atoms with Crippen LogP contribution in [-0.2, 0) is 6.42 Å². The summed E-state index contributed by atoms with van der Waals surface area (Å²) >= 11 is 0. The second kappa shape index (κ2) is 7.38. The van der Waals surface area contributed by atoms with Crippen molar-refractivity contribution in [3.05, 3.63) is 54.1 Å². The molecule has 4 rings (SSSR count). The van der Waals surface area contributed by atoms with Gasteiger partial charge < -0.3 is 15.4 Å². The van der Waals surface area contributed by atoms with Crippen molar-refractivity contribution in [3.63, 3.8) is 0 Å². The summed E-state index contributed by atoms with van der Waals surface area (Å²) in [6.45, 7) is 0. The van der Waals surface area contributed by atoms with Crippen molar-refractivity contribution in [2.45, 2.75) is 50.6 Å². The minimum Gasteiger partial charge on any atom is -0.497 e. The van der Waals surface area contributed by atoms with Gasteiger partial charge in [-0.1, -0.05) is 37.5 Å². The third-order valence-corrected chi connectivity index (χ3v) is 5.81. The molecule has 1 aliphatic carbocycles. The van der Waals surface area contributed by atoms with E-state index in [1.54, 1.807) is 7.11 Å². The van der Waals surface area contributed by atoms with Gasteiger partial charge in [0, 0.05) is 17.4 Å². The van der Waals surface area contributed by atoms with E-state index in [1.807, 2.05) is 12.1 Å². The van der Waals surface area contributed by atoms with E-state index in [0.717, 1.165) is 18.1 Å². The number of ether oxygens (including phenoxy) is 1. The molecule has 0 unspecified atom stereocenters. The second-order valence-corrected chi connectivity index (χ2v) is 7.41. The Kier molecular flexibility index (Phi) is 4.82. The Labute approximate surface area is 150 Å². The molecule has 132 valence electrons. The van der Waals surface area contributed by atoms with Crippen LogP contribution in [0.5, 0.6) is 5.75 Å². The fourth-order valence-electron chi connectivity index (χ4n) is 4.46. The smallest absolute Gasteiger partial charge is 0.119 e. The van der Waals surface area contributed by atoms with E-state index in [-0.39, 0.29) is 0 Å². The zero-order chi connectivity index (χ0) is 17.1. The van der Waals surface area contributed by atoms with Gasteiger partial charge >= 0.3 is 0 Å². The van der Waals surface area contributed by atoms with Crippen LogP contribution in [0.25, 0.3) is 0 Å². The highest BCUT2D eigenvalue weighted by Crippen LogP contribution is 2.35. The van der Waals surface area contributed by atoms with Gasteiger partial charge in [-0.2, -0.15) is 0 Å². The molecule has 1 heterocycles. The maximum atomic E-state index is 5.29. The zero-order valence-corrected chi connectivity index (χ0v) is 15.0. The van der Waals surface area contributed by atoms with Crippen molar-refractivity contribution in [1.82, 2.24) is 0 Å². The van der Waals surface area contributed by atoms with Crippen molar-refractivity contribution in [2.75, 3.05) is 17.7 Å². The zero-order valence-electron chi connectivity index (χ0n) is 15.0. The molecule has 1 aliphatic heterocycles. The second-order valence-electron chi connectivity index (χ2n) is 7.41. The van der Waals surface area contributed by atoms with Crippen molar-refractivity contribution in [2.24, 2.45) is 5.92 Å². The lowest BCUT2D eigenvalue weighted by atomic mass is 9.80. The Hall–Kier alpha value is -2.16. The summed E-state index contributed by atoms with van der Waals surface area (Å²) in [5, 5.41) is 7.65. The highest BCUT2D eigenvalue weighted by Gasteiger charge is 2.34. The minimum atomic E-state index is 0.459. The van der Waals surface area contributed by atoms with E-state index in [4.69, 9.17) is 4.74 Å². The van der Waals surface area contributed by atoms with Gasteiger partial charge in [0.15, 0.2) is 0 Å². The molecular formula is C22H28N2O. The van der Waals surface area contributed by atoms with Gasteiger partial charge in [-0.05, 0) is 61.1 Å². The molecule has 0 spiro atoms. The van der Waals surface area contributed by atoms with Crippen molar-refractivity contribution < 1.29 is 4.74 Å². The van der Waals surface area contributed by atoms with Crippen LogP contribution in [-0.4, -0.2) is 19.2 Å². The summed E-state index contributed by atoms with van der Waals surface area (Å²) < 4.78 is 5.29. The Balaban J connectivity index is 1.54.